The second kappa shape index (κ2) is 15.3. The van der Waals surface area contributed by atoms with Gasteiger partial charge in [-0.05, 0) is 108 Å². The first kappa shape index (κ1) is 38.4. The van der Waals surface area contributed by atoms with Gasteiger partial charge in [-0.1, -0.05) is 224 Å². The molecule has 0 radical (unpaired) electrons. The lowest BCUT2D eigenvalue weighted by Gasteiger charge is -2.40. The number of rotatable bonds is 8. The topological polar surface area (TPSA) is 3.24 Å². The Bertz CT molecular complexity index is 3310. The molecule has 0 amide bonds. The smallest absolute Gasteiger partial charge is 0.0734 e. The largest absolute Gasteiger partial charge is 0.310 e. The van der Waals surface area contributed by atoms with E-state index >= 15 is 0 Å². The van der Waals surface area contributed by atoms with E-state index in [1.807, 2.05) is 11.3 Å². The summed E-state index contributed by atoms with van der Waals surface area (Å²) in [6, 6.07) is 95.1. The third-order valence-corrected chi connectivity index (χ3v) is 15.3. The van der Waals surface area contributed by atoms with Gasteiger partial charge in [0.25, 0.3) is 0 Å². The Kier molecular flexibility index (Phi) is 8.91. The molecule has 0 atom stereocenters. The molecule has 0 bridgehead atoms. The molecule has 2 heteroatoms. The van der Waals surface area contributed by atoms with E-state index in [1.54, 1.807) is 0 Å². The lowest BCUT2D eigenvalue weighted by atomic mass is 9.66. The zero-order valence-corrected chi connectivity index (χ0v) is 37.0. The third-order valence-electron chi connectivity index (χ3n) is 14.3. The molecule has 0 saturated heterocycles. The Morgan fingerprint density at radius 1 is 0.303 bits per heavy atom. The third kappa shape index (κ3) is 5.46. The Labute approximate surface area is 390 Å². The summed E-state index contributed by atoms with van der Waals surface area (Å²) in [5.74, 6) is 0. The van der Waals surface area contributed by atoms with Crippen LogP contribution in [0.1, 0.15) is 44.5 Å². The molecule has 13 rings (SSSR count). The van der Waals surface area contributed by atoms with Gasteiger partial charge in [0, 0.05) is 21.5 Å². The van der Waals surface area contributed by atoms with Crippen LogP contribution in [0.4, 0.5) is 17.1 Å². The van der Waals surface area contributed by atoms with Gasteiger partial charge in [0.1, 0.15) is 0 Å². The van der Waals surface area contributed by atoms with Crippen LogP contribution >= 0.6 is 11.3 Å². The molecule has 0 unspecified atom stereocenters. The SMILES string of the molecule is c1ccc(C2(c3ccccc3)c3ccccc3-c3cccc(N(c4ccc(-c5cccc6ccsc56)cc4)c4cccc5c4C(c4ccccc4)(c4ccccc4)c4ccccc4-5)c32)cc1. The summed E-state index contributed by atoms with van der Waals surface area (Å²) in [4.78, 5) is 2.60. The van der Waals surface area contributed by atoms with Crippen LogP contribution in [-0.4, -0.2) is 0 Å². The zero-order valence-electron chi connectivity index (χ0n) is 36.2. The normalized spacial score (nSPS) is 13.7. The first-order valence-corrected chi connectivity index (χ1v) is 23.7. The number of fused-ring (bicyclic) bond motifs is 7. The van der Waals surface area contributed by atoms with Gasteiger partial charge in [-0.2, -0.15) is 0 Å². The predicted molar refractivity (Wildman–Crippen MR) is 277 cm³/mol. The first-order chi connectivity index (χ1) is 32.8. The van der Waals surface area contributed by atoms with Crippen LogP contribution in [0, 0.1) is 0 Å². The van der Waals surface area contributed by atoms with Gasteiger partial charge >= 0.3 is 0 Å². The minimum Gasteiger partial charge on any atom is -0.310 e. The van der Waals surface area contributed by atoms with E-state index in [4.69, 9.17) is 0 Å². The fraction of sp³-hybridized carbons (Fsp3) is 0.0312. The average molecular weight is 858 g/mol. The fourth-order valence-corrected chi connectivity index (χ4v) is 12.7. The van der Waals surface area contributed by atoms with Gasteiger partial charge in [0.15, 0.2) is 0 Å². The summed E-state index contributed by atoms with van der Waals surface area (Å²) < 4.78 is 1.31. The molecule has 0 fully saturated rings. The van der Waals surface area contributed by atoms with Crippen LogP contribution in [0.3, 0.4) is 0 Å². The average Bonchev–Trinajstić information content (AvgIpc) is 4.09. The summed E-state index contributed by atoms with van der Waals surface area (Å²) >= 11 is 1.81. The zero-order chi connectivity index (χ0) is 43.7. The predicted octanol–water partition coefficient (Wildman–Crippen LogP) is 16.8. The highest BCUT2D eigenvalue weighted by Gasteiger charge is 2.51. The maximum atomic E-state index is 2.60. The van der Waals surface area contributed by atoms with Crippen molar-refractivity contribution >= 4 is 38.5 Å². The van der Waals surface area contributed by atoms with Gasteiger partial charge in [-0.15, -0.1) is 11.3 Å². The van der Waals surface area contributed by atoms with Crippen molar-refractivity contribution in [2.45, 2.75) is 10.8 Å². The van der Waals surface area contributed by atoms with Crippen LogP contribution in [0.2, 0.25) is 0 Å². The summed E-state index contributed by atoms with van der Waals surface area (Å²) in [7, 11) is 0. The Morgan fingerprint density at radius 3 is 1.17 bits per heavy atom. The van der Waals surface area contributed by atoms with E-state index < -0.39 is 10.8 Å². The molecule has 0 spiro atoms. The molecule has 0 saturated carbocycles. The van der Waals surface area contributed by atoms with E-state index in [-0.39, 0.29) is 0 Å². The second-order valence-corrected chi connectivity index (χ2v) is 18.4. The number of hydrogen-bond donors (Lipinski definition) is 0. The molecule has 2 aliphatic carbocycles. The summed E-state index contributed by atoms with van der Waals surface area (Å²) in [6.45, 7) is 0. The monoisotopic (exact) mass is 857 g/mol. The molecule has 66 heavy (non-hydrogen) atoms. The minimum atomic E-state index is -0.630. The van der Waals surface area contributed by atoms with E-state index in [0.717, 1.165) is 17.1 Å². The van der Waals surface area contributed by atoms with Crippen molar-refractivity contribution in [3.63, 3.8) is 0 Å². The van der Waals surface area contributed by atoms with E-state index in [2.05, 4.69) is 265 Å². The van der Waals surface area contributed by atoms with E-state index in [9.17, 15) is 0 Å². The molecule has 1 aromatic heterocycles. The van der Waals surface area contributed by atoms with Crippen LogP contribution in [0.15, 0.2) is 260 Å². The molecule has 310 valence electrons. The first-order valence-electron chi connectivity index (χ1n) is 22.8. The van der Waals surface area contributed by atoms with Crippen molar-refractivity contribution in [2.75, 3.05) is 4.90 Å². The molecular weight excluding hydrogens is 815 g/mol. The van der Waals surface area contributed by atoms with Crippen molar-refractivity contribution < 1.29 is 0 Å². The molecule has 11 aromatic rings. The minimum absolute atomic E-state index is 0.630. The summed E-state index contributed by atoms with van der Waals surface area (Å²) in [6.07, 6.45) is 0. The fourth-order valence-electron chi connectivity index (χ4n) is 11.8. The highest BCUT2D eigenvalue weighted by atomic mass is 32.1. The van der Waals surface area contributed by atoms with Gasteiger partial charge in [-0.3, -0.25) is 0 Å². The Balaban J connectivity index is 1.17. The van der Waals surface area contributed by atoms with Crippen LogP contribution in [-0.2, 0) is 10.8 Å². The highest BCUT2D eigenvalue weighted by Crippen LogP contribution is 2.63. The molecule has 0 aliphatic heterocycles. The van der Waals surface area contributed by atoms with Crippen LogP contribution < -0.4 is 4.90 Å². The van der Waals surface area contributed by atoms with Crippen molar-refractivity contribution in [1.29, 1.82) is 0 Å². The lowest BCUT2D eigenvalue weighted by Crippen LogP contribution is -2.32. The maximum Gasteiger partial charge on any atom is 0.0734 e. The quantitative estimate of drug-likeness (QED) is 0.147. The Hall–Kier alpha value is -8.04. The van der Waals surface area contributed by atoms with Crippen molar-refractivity contribution in [3.05, 3.63) is 305 Å². The lowest BCUT2D eigenvalue weighted by molar-refractivity contribution is 0.761. The number of nitrogens with zero attached hydrogens (tertiary/aromatic N) is 1. The van der Waals surface area contributed by atoms with Gasteiger partial charge in [0.2, 0.25) is 0 Å². The standard InChI is InChI=1S/C64H43NS/c1-5-21-46(22-6-1)63(47-23-7-2-8-24-47)56-34-15-13-29-52(56)54-32-18-36-58(60(54)63)65(50-40-38-44(39-41-50)51-31-17-20-45-42-43-66-62(45)51)59-37-19-33-55-53-30-14-16-35-57(53)64(61(55)59,48-25-9-3-10-26-48)49-27-11-4-12-28-49/h1-43H. The second-order valence-electron chi connectivity index (χ2n) is 17.5. The molecular formula is C64H43NS. The number of benzene rings is 10. The summed E-state index contributed by atoms with van der Waals surface area (Å²) in [5.41, 5.74) is 19.7. The Morgan fingerprint density at radius 2 is 0.697 bits per heavy atom. The van der Waals surface area contributed by atoms with Crippen LogP contribution in [0.5, 0.6) is 0 Å². The number of thiophene rings is 1. The molecule has 0 N–H and O–H groups in total. The van der Waals surface area contributed by atoms with Gasteiger partial charge in [-0.25, -0.2) is 0 Å². The molecule has 10 aromatic carbocycles. The van der Waals surface area contributed by atoms with Crippen molar-refractivity contribution in [2.24, 2.45) is 0 Å². The molecule has 2 aliphatic rings. The maximum absolute atomic E-state index is 2.60. The van der Waals surface area contributed by atoms with Gasteiger partial charge < -0.3 is 4.90 Å². The molecule has 1 heterocycles. The van der Waals surface area contributed by atoms with Crippen molar-refractivity contribution in [1.82, 2.24) is 0 Å². The van der Waals surface area contributed by atoms with Crippen LogP contribution in [0.25, 0.3) is 43.5 Å². The van der Waals surface area contributed by atoms with E-state index in [1.165, 1.54) is 88.0 Å². The van der Waals surface area contributed by atoms with E-state index in [0.29, 0.717) is 0 Å². The number of hydrogen-bond acceptors (Lipinski definition) is 2. The highest BCUT2D eigenvalue weighted by molar-refractivity contribution is 7.17. The summed E-state index contributed by atoms with van der Waals surface area (Å²) in [5, 5.41) is 3.47. The van der Waals surface area contributed by atoms with Crippen molar-refractivity contribution in [3.8, 4) is 33.4 Å². The molecule has 1 nitrogen and oxygen atoms in total. The van der Waals surface area contributed by atoms with Gasteiger partial charge in [0.05, 0.1) is 22.2 Å². The number of anilines is 3.